The molecule has 3 aromatic rings. The average Bonchev–Trinajstić information content (AvgIpc) is 3.29. The van der Waals surface area contributed by atoms with E-state index in [-0.39, 0.29) is 29.6 Å². The molecule has 9 heteroatoms. The molecule has 0 radical (unpaired) electrons. The van der Waals surface area contributed by atoms with Crippen molar-refractivity contribution < 1.29 is 37.7 Å². The molecule has 3 aromatic carbocycles. The molecule has 34 heavy (non-hydrogen) atoms. The molecule has 0 fully saturated rings. The van der Waals surface area contributed by atoms with Gasteiger partial charge in [-0.2, -0.15) is 0 Å². The summed E-state index contributed by atoms with van der Waals surface area (Å²) in [5, 5.41) is 11.8. The van der Waals surface area contributed by atoms with Gasteiger partial charge in [0, 0.05) is 11.5 Å². The lowest BCUT2D eigenvalue weighted by Gasteiger charge is -2.20. The number of alkyl halides is 2. The molecule has 1 aliphatic heterocycles. The molecule has 2 N–H and O–H groups in total. The number of benzene rings is 3. The smallest absolute Gasteiger partial charge is 0.481 e. The summed E-state index contributed by atoms with van der Waals surface area (Å²) in [6, 6.07) is 18.5. The molecule has 7 nitrogen and oxygen atoms in total. The predicted molar refractivity (Wildman–Crippen MR) is 116 cm³/mol. The number of aliphatic carboxylic acids is 1. The van der Waals surface area contributed by atoms with E-state index < -0.39 is 30.8 Å². The van der Waals surface area contributed by atoms with Crippen LogP contribution in [0.25, 0.3) is 11.1 Å². The van der Waals surface area contributed by atoms with Crippen molar-refractivity contribution in [1.82, 2.24) is 5.32 Å². The standard InChI is InChI=1S/C25H19F2NO6/c26-25(27)33-21-11-5-10-18(23(21)34-25)20(12-22(29)30)28-24(31)32-13-19-16-8-3-1-6-14(16)15-7-2-4-9-17(15)19/h1-11,19-20H,12-13H2,(H,28,31)(H,29,30). The summed E-state index contributed by atoms with van der Waals surface area (Å²) in [4.78, 5) is 24.1. The summed E-state index contributed by atoms with van der Waals surface area (Å²) in [5.41, 5.74) is 4.22. The molecule has 1 heterocycles. The van der Waals surface area contributed by atoms with Gasteiger partial charge in [-0.1, -0.05) is 60.7 Å². The van der Waals surface area contributed by atoms with Crippen LogP contribution >= 0.6 is 0 Å². The summed E-state index contributed by atoms with van der Waals surface area (Å²) >= 11 is 0. The quantitative estimate of drug-likeness (QED) is 0.526. The van der Waals surface area contributed by atoms with Crippen molar-refractivity contribution in [2.75, 3.05) is 6.61 Å². The molecule has 1 amide bonds. The van der Waals surface area contributed by atoms with Crippen LogP contribution in [0.15, 0.2) is 66.7 Å². The lowest BCUT2D eigenvalue weighted by atomic mass is 9.98. The lowest BCUT2D eigenvalue weighted by Crippen LogP contribution is -2.32. The number of hydrogen-bond donors (Lipinski definition) is 2. The summed E-state index contributed by atoms with van der Waals surface area (Å²) < 4.78 is 41.6. The summed E-state index contributed by atoms with van der Waals surface area (Å²) in [7, 11) is 0. The number of amides is 1. The number of rotatable bonds is 6. The predicted octanol–water partition coefficient (Wildman–Crippen LogP) is 5.06. The molecule has 174 valence electrons. The number of carbonyl (C=O) groups is 2. The fourth-order valence-corrected chi connectivity index (χ4v) is 4.46. The van der Waals surface area contributed by atoms with Crippen molar-refractivity contribution in [3.63, 3.8) is 0 Å². The average molecular weight is 467 g/mol. The minimum absolute atomic E-state index is 0.0181. The minimum atomic E-state index is -3.88. The Kier molecular flexibility index (Phi) is 5.31. The van der Waals surface area contributed by atoms with E-state index in [2.05, 4.69) is 14.8 Å². The van der Waals surface area contributed by atoms with Crippen LogP contribution < -0.4 is 14.8 Å². The van der Waals surface area contributed by atoms with Gasteiger partial charge in [-0.05, 0) is 28.3 Å². The van der Waals surface area contributed by atoms with Gasteiger partial charge in [0.05, 0.1) is 12.5 Å². The second-order valence-corrected chi connectivity index (χ2v) is 7.96. The molecule has 1 unspecified atom stereocenters. The van der Waals surface area contributed by atoms with E-state index >= 15 is 0 Å². The normalized spacial score (nSPS) is 15.8. The number of ether oxygens (including phenoxy) is 3. The number of carboxylic acid groups (broad SMARTS) is 1. The lowest BCUT2D eigenvalue weighted by molar-refractivity contribution is -0.287. The van der Waals surface area contributed by atoms with Crippen LogP contribution in [-0.4, -0.2) is 30.1 Å². The third-order valence-corrected chi connectivity index (χ3v) is 5.85. The van der Waals surface area contributed by atoms with Gasteiger partial charge in [0.1, 0.15) is 6.61 Å². The Morgan fingerprint density at radius 3 is 2.26 bits per heavy atom. The number of carbonyl (C=O) groups excluding carboxylic acids is 1. The fraction of sp³-hybridized carbons (Fsp3) is 0.200. The monoisotopic (exact) mass is 467 g/mol. The Hall–Kier alpha value is -4.14. The molecule has 0 saturated carbocycles. The van der Waals surface area contributed by atoms with Crippen LogP contribution in [0.2, 0.25) is 0 Å². The van der Waals surface area contributed by atoms with Crippen LogP contribution in [0, 0.1) is 0 Å². The maximum atomic E-state index is 13.6. The van der Waals surface area contributed by atoms with Crippen LogP contribution in [0.5, 0.6) is 11.5 Å². The van der Waals surface area contributed by atoms with E-state index in [9.17, 15) is 23.5 Å². The van der Waals surface area contributed by atoms with E-state index in [0.29, 0.717) is 0 Å². The van der Waals surface area contributed by atoms with Crippen molar-refractivity contribution in [3.8, 4) is 22.6 Å². The maximum absolute atomic E-state index is 13.6. The van der Waals surface area contributed by atoms with Gasteiger partial charge in [0.2, 0.25) is 0 Å². The van der Waals surface area contributed by atoms with Crippen molar-refractivity contribution in [1.29, 1.82) is 0 Å². The molecule has 1 atom stereocenters. The van der Waals surface area contributed by atoms with Gasteiger partial charge in [0.15, 0.2) is 11.5 Å². The third kappa shape index (κ3) is 4.00. The zero-order valence-corrected chi connectivity index (χ0v) is 17.7. The Balaban J connectivity index is 1.34. The maximum Gasteiger partial charge on any atom is 0.586 e. The molecular formula is C25H19F2NO6. The molecule has 1 aliphatic carbocycles. The number of nitrogens with one attached hydrogen (secondary N) is 1. The fourth-order valence-electron chi connectivity index (χ4n) is 4.46. The summed E-state index contributed by atoms with van der Waals surface area (Å²) in [6.45, 7) is 0.0181. The number of carboxylic acids is 1. The molecule has 0 saturated heterocycles. The molecule has 2 aliphatic rings. The highest BCUT2D eigenvalue weighted by molar-refractivity contribution is 5.79. The van der Waals surface area contributed by atoms with Crippen LogP contribution in [0.4, 0.5) is 13.6 Å². The Bertz CT molecular complexity index is 1230. The van der Waals surface area contributed by atoms with Gasteiger partial charge in [-0.3, -0.25) is 4.79 Å². The molecule has 5 rings (SSSR count). The first-order chi connectivity index (χ1) is 16.3. The first kappa shape index (κ1) is 21.7. The highest BCUT2D eigenvalue weighted by Crippen LogP contribution is 2.46. The molecular weight excluding hydrogens is 448 g/mol. The summed E-state index contributed by atoms with van der Waals surface area (Å²) in [5.74, 6) is -2.00. The third-order valence-electron chi connectivity index (χ3n) is 5.85. The second kappa shape index (κ2) is 8.33. The SMILES string of the molecule is O=C(O)CC(NC(=O)OCC1c2ccccc2-c2ccccc21)c1cccc2c1OC(F)(F)O2. The van der Waals surface area contributed by atoms with Crippen LogP contribution in [0.1, 0.15) is 35.1 Å². The first-order valence-electron chi connectivity index (χ1n) is 10.5. The van der Waals surface area contributed by atoms with Gasteiger partial charge in [-0.15, -0.1) is 8.78 Å². The van der Waals surface area contributed by atoms with Gasteiger partial charge >= 0.3 is 18.4 Å². The van der Waals surface area contributed by atoms with Crippen molar-refractivity contribution in [2.24, 2.45) is 0 Å². The molecule has 0 spiro atoms. The highest BCUT2D eigenvalue weighted by Gasteiger charge is 2.45. The van der Waals surface area contributed by atoms with E-state index in [4.69, 9.17) is 4.74 Å². The highest BCUT2D eigenvalue weighted by atomic mass is 19.3. The number of para-hydroxylation sites is 1. The first-order valence-corrected chi connectivity index (χ1v) is 10.5. The van der Waals surface area contributed by atoms with Crippen molar-refractivity contribution >= 4 is 12.1 Å². The van der Waals surface area contributed by atoms with Crippen molar-refractivity contribution in [3.05, 3.63) is 83.4 Å². The van der Waals surface area contributed by atoms with Gasteiger partial charge in [-0.25, -0.2) is 4.79 Å². The Morgan fingerprint density at radius 2 is 1.62 bits per heavy atom. The second-order valence-electron chi connectivity index (χ2n) is 7.96. The number of hydrogen-bond acceptors (Lipinski definition) is 5. The zero-order valence-electron chi connectivity index (χ0n) is 17.7. The van der Waals surface area contributed by atoms with Gasteiger partial charge < -0.3 is 24.6 Å². The number of fused-ring (bicyclic) bond motifs is 4. The Morgan fingerprint density at radius 1 is 0.971 bits per heavy atom. The number of halogens is 2. The Labute approximate surface area is 192 Å². The largest absolute Gasteiger partial charge is 0.586 e. The molecule has 0 aromatic heterocycles. The minimum Gasteiger partial charge on any atom is -0.481 e. The van der Waals surface area contributed by atoms with Gasteiger partial charge in [0.25, 0.3) is 0 Å². The molecule has 0 bridgehead atoms. The van der Waals surface area contributed by atoms with E-state index in [1.807, 2.05) is 48.5 Å². The topological polar surface area (TPSA) is 94.1 Å². The van der Waals surface area contributed by atoms with Crippen molar-refractivity contribution in [2.45, 2.75) is 24.7 Å². The zero-order chi connectivity index (χ0) is 23.9. The number of alkyl carbamates (subject to hydrolysis) is 1. The van der Waals surface area contributed by atoms with E-state index in [0.717, 1.165) is 22.3 Å². The van der Waals surface area contributed by atoms with E-state index in [1.54, 1.807) is 0 Å². The summed E-state index contributed by atoms with van der Waals surface area (Å²) in [6.07, 6.45) is -5.33. The van der Waals surface area contributed by atoms with Crippen LogP contribution in [0.3, 0.4) is 0 Å². The van der Waals surface area contributed by atoms with E-state index in [1.165, 1.54) is 18.2 Å². The van der Waals surface area contributed by atoms with Crippen LogP contribution in [-0.2, 0) is 9.53 Å².